The predicted molar refractivity (Wildman–Crippen MR) is 128 cm³/mol. The Balaban J connectivity index is 1.54. The highest BCUT2D eigenvalue weighted by molar-refractivity contribution is 5.88. The van der Waals surface area contributed by atoms with Gasteiger partial charge in [0.25, 0.3) is 5.91 Å². The van der Waals surface area contributed by atoms with E-state index in [-0.39, 0.29) is 0 Å². The van der Waals surface area contributed by atoms with Crippen molar-refractivity contribution in [2.45, 2.75) is 5.92 Å². The first kappa shape index (κ1) is 24.1. The van der Waals surface area contributed by atoms with Gasteiger partial charge in [-0.15, -0.1) is 0 Å². The number of nitrogens with zero attached hydrogens (tertiary/aromatic N) is 2. The standard InChI is InChI=1S/C26H25N3O5/c1-31-22-10-6-7-11-23(22)33-14-15-34-24-13-12-19(16-25(24)32-2)18-28-29-26(30)21(17-27)20-8-4-3-5-9-20/h3-13,16,18,21H,14-15H2,1-2H3,(H,29,30)/b28-18-/t21-/m1/s1. The van der Waals surface area contributed by atoms with Gasteiger partial charge in [0.15, 0.2) is 28.9 Å². The van der Waals surface area contributed by atoms with Crippen LogP contribution >= 0.6 is 0 Å². The summed E-state index contributed by atoms with van der Waals surface area (Å²) in [5.41, 5.74) is 3.70. The number of benzene rings is 3. The quantitative estimate of drug-likeness (QED) is 0.265. The van der Waals surface area contributed by atoms with Crippen LogP contribution in [0.2, 0.25) is 0 Å². The summed E-state index contributed by atoms with van der Waals surface area (Å²) in [6, 6.07) is 23.4. The molecule has 1 amide bonds. The van der Waals surface area contributed by atoms with E-state index in [2.05, 4.69) is 10.5 Å². The number of rotatable bonds is 11. The maximum absolute atomic E-state index is 12.3. The van der Waals surface area contributed by atoms with Crippen molar-refractivity contribution in [2.24, 2.45) is 5.10 Å². The molecule has 0 spiro atoms. The first-order valence-corrected chi connectivity index (χ1v) is 10.5. The molecule has 0 aliphatic heterocycles. The lowest BCUT2D eigenvalue weighted by Gasteiger charge is -2.13. The van der Waals surface area contributed by atoms with E-state index in [0.29, 0.717) is 47.3 Å². The van der Waals surface area contributed by atoms with Crippen molar-refractivity contribution in [1.29, 1.82) is 5.26 Å². The summed E-state index contributed by atoms with van der Waals surface area (Å²) in [5.74, 6) is 0.891. The summed E-state index contributed by atoms with van der Waals surface area (Å²) < 4.78 is 22.1. The summed E-state index contributed by atoms with van der Waals surface area (Å²) in [6.45, 7) is 0.618. The number of nitrogens with one attached hydrogen (secondary N) is 1. The van der Waals surface area contributed by atoms with Crippen LogP contribution in [-0.4, -0.2) is 39.6 Å². The average Bonchev–Trinajstić information content (AvgIpc) is 2.88. The third-order valence-corrected chi connectivity index (χ3v) is 4.77. The number of nitriles is 1. The van der Waals surface area contributed by atoms with Crippen molar-refractivity contribution in [1.82, 2.24) is 5.43 Å². The lowest BCUT2D eigenvalue weighted by atomic mass is 10.0. The van der Waals surface area contributed by atoms with Gasteiger partial charge in [-0.3, -0.25) is 4.79 Å². The van der Waals surface area contributed by atoms with Crippen molar-refractivity contribution < 1.29 is 23.7 Å². The van der Waals surface area contributed by atoms with Crippen molar-refractivity contribution in [3.05, 3.63) is 83.9 Å². The summed E-state index contributed by atoms with van der Waals surface area (Å²) in [5, 5.41) is 13.3. The van der Waals surface area contributed by atoms with Crippen LogP contribution in [0.25, 0.3) is 0 Å². The molecule has 174 valence electrons. The molecule has 0 unspecified atom stereocenters. The van der Waals surface area contributed by atoms with Gasteiger partial charge in [-0.25, -0.2) is 5.43 Å². The molecule has 0 aliphatic rings. The minimum atomic E-state index is -0.943. The van der Waals surface area contributed by atoms with E-state index in [0.717, 1.165) is 0 Å². The molecule has 8 nitrogen and oxygen atoms in total. The van der Waals surface area contributed by atoms with Crippen LogP contribution in [0.5, 0.6) is 23.0 Å². The molecular weight excluding hydrogens is 434 g/mol. The zero-order valence-electron chi connectivity index (χ0n) is 18.9. The molecule has 0 aromatic heterocycles. The smallest absolute Gasteiger partial charge is 0.261 e. The number of amides is 1. The molecule has 1 N–H and O–H groups in total. The van der Waals surface area contributed by atoms with Crippen LogP contribution in [0, 0.1) is 11.3 Å². The van der Waals surface area contributed by atoms with Gasteiger partial charge in [0, 0.05) is 0 Å². The molecular formula is C26H25N3O5. The Morgan fingerprint density at radius 3 is 2.18 bits per heavy atom. The van der Waals surface area contributed by atoms with Crippen LogP contribution in [0.15, 0.2) is 77.9 Å². The molecule has 0 heterocycles. The lowest BCUT2D eigenvalue weighted by molar-refractivity contribution is -0.121. The fourth-order valence-corrected chi connectivity index (χ4v) is 3.09. The topological polar surface area (TPSA) is 102 Å². The number of para-hydroxylation sites is 2. The van der Waals surface area contributed by atoms with Crippen LogP contribution in [0.3, 0.4) is 0 Å². The average molecular weight is 460 g/mol. The Labute approximate surface area is 198 Å². The fourth-order valence-electron chi connectivity index (χ4n) is 3.09. The van der Waals surface area contributed by atoms with Gasteiger partial charge >= 0.3 is 0 Å². The molecule has 3 rings (SSSR count). The molecule has 3 aromatic rings. The Bertz CT molecular complexity index is 1160. The summed E-state index contributed by atoms with van der Waals surface area (Å²) >= 11 is 0. The van der Waals surface area contributed by atoms with E-state index in [1.165, 1.54) is 13.3 Å². The van der Waals surface area contributed by atoms with Crippen LogP contribution in [0.4, 0.5) is 0 Å². The fraction of sp³-hybridized carbons (Fsp3) is 0.192. The maximum Gasteiger partial charge on any atom is 0.261 e. The van der Waals surface area contributed by atoms with Gasteiger partial charge in [-0.05, 0) is 41.5 Å². The Morgan fingerprint density at radius 1 is 0.912 bits per heavy atom. The second kappa shape index (κ2) is 12.5. The first-order valence-electron chi connectivity index (χ1n) is 10.5. The molecule has 8 heteroatoms. The van der Waals surface area contributed by atoms with Gasteiger partial charge < -0.3 is 18.9 Å². The van der Waals surface area contributed by atoms with Gasteiger partial charge in [0.1, 0.15) is 13.2 Å². The molecule has 34 heavy (non-hydrogen) atoms. The monoisotopic (exact) mass is 459 g/mol. The molecule has 0 aliphatic carbocycles. The zero-order chi connectivity index (χ0) is 24.2. The highest BCUT2D eigenvalue weighted by Gasteiger charge is 2.19. The molecule has 1 atom stereocenters. The Kier molecular flexibility index (Phi) is 8.88. The summed E-state index contributed by atoms with van der Waals surface area (Å²) in [6.07, 6.45) is 1.47. The van der Waals surface area contributed by atoms with Crippen molar-refractivity contribution in [3.8, 4) is 29.1 Å². The van der Waals surface area contributed by atoms with E-state index in [9.17, 15) is 10.1 Å². The third kappa shape index (κ3) is 6.50. The number of methoxy groups -OCH3 is 2. The normalized spacial score (nSPS) is 11.3. The zero-order valence-corrected chi connectivity index (χ0v) is 18.9. The van der Waals surface area contributed by atoms with Crippen molar-refractivity contribution in [2.75, 3.05) is 27.4 Å². The van der Waals surface area contributed by atoms with Crippen LogP contribution < -0.4 is 24.4 Å². The number of ether oxygens (including phenoxy) is 4. The highest BCUT2D eigenvalue weighted by atomic mass is 16.5. The lowest BCUT2D eigenvalue weighted by Crippen LogP contribution is -2.24. The van der Waals surface area contributed by atoms with E-state index in [1.807, 2.05) is 36.4 Å². The highest BCUT2D eigenvalue weighted by Crippen LogP contribution is 2.28. The third-order valence-electron chi connectivity index (χ3n) is 4.77. The number of carbonyl (C=O) groups excluding carboxylic acids is 1. The van der Waals surface area contributed by atoms with Gasteiger partial charge in [0.05, 0.1) is 26.5 Å². The first-order chi connectivity index (χ1) is 16.7. The second-order valence-electron chi connectivity index (χ2n) is 6.97. The summed E-state index contributed by atoms with van der Waals surface area (Å²) in [7, 11) is 3.12. The van der Waals surface area contributed by atoms with Crippen LogP contribution in [-0.2, 0) is 4.79 Å². The van der Waals surface area contributed by atoms with Gasteiger partial charge in [-0.2, -0.15) is 10.4 Å². The second-order valence-corrected chi connectivity index (χ2v) is 6.97. The number of hydrogen-bond donors (Lipinski definition) is 1. The van der Waals surface area contributed by atoms with E-state index < -0.39 is 11.8 Å². The molecule has 3 aromatic carbocycles. The molecule has 0 fully saturated rings. The molecule has 0 radical (unpaired) electrons. The molecule has 0 bridgehead atoms. The Hall–Kier alpha value is -4.51. The predicted octanol–water partition coefficient (Wildman–Crippen LogP) is 3.92. The van der Waals surface area contributed by atoms with Gasteiger partial charge in [0.2, 0.25) is 0 Å². The number of hydrazone groups is 1. The van der Waals surface area contributed by atoms with E-state index in [4.69, 9.17) is 18.9 Å². The Morgan fingerprint density at radius 2 is 1.53 bits per heavy atom. The van der Waals surface area contributed by atoms with Crippen LogP contribution in [0.1, 0.15) is 17.0 Å². The number of hydrogen-bond acceptors (Lipinski definition) is 7. The largest absolute Gasteiger partial charge is 0.493 e. The maximum atomic E-state index is 12.3. The van der Waals surface area contributed by atoms with E-state index >= 15 is 0 Å². The minimum Gasteiger partial charge on any atom is -0.493 e. The van der Waals surface area contributed by atoms with Crippen molar-refractivity contribution >= 4 is 12.1 Å². The van der Waals surface area contributed by atoms with Crippen molar-refractivity contribution in [3.63, 3.8) is 0 Å². The summed E-state index contributed by atoms with van der Waals surface area (Å²) in [4.78, 5) is 12.3. The molecule has 0 saturated heterocycles. The SMILES string of the molecule is COc1ccccc1OCCOc1ccc(/C=N\NC(=O)[C@H](C#N)c2ccccc2)cc1OC. The van der Waals surface area contributed by atoms with Gasteiger partial charge in [-0.1, -0.05) is 42.5 Å². The minimum absolute atomic E-state index is 0.299. The molecule has 0 saturated carbocycles. The number of carbonyl (C=O) groups is 1. The van der Waals surface area contributed by atoms with E-state index in [1.54, 1.807) is 49.6 Å².